The molecule has 0 spiro atoms. The van der Waals surface area contributed by atoms with Crippen LogP contribution in [-0.4, -0.2) is 18.6 Å². The fourth-order valence-electron chi connectivity index (χ4n) is 2.23. The van der Waals surface area contributed by atoms with Crippen molar-refractivity contribution in [2.45, 2.75) is 33.1 Å². The molecule has 0 saturated carbocycles. The maximum Gasteiger partial charge on any atom is 0.145 e. The molecule has 1 aromatic heterocycles. The number of aromatic nitrogens is 1. The molecular formula is C16H22N2O. The first-order chi connectivity index (χ1) is 9.30. The molecule has 19 heavy (non-hydrogen) atoms. The highest BCUT2D eigenvalue weighted by atomic mass is 16.5. The maximum absolute atomic E-state index is 5.43. The molecule has 0 unspecified atom stereocenters. The highest BCUT2D eigenvalue weighted by molar-refractivity contribution is 5.95. The SMILES string of the molecule is CCCNc1cc(CCC)nc2c(OC)cccc12. The second-order valence-electron chi connectivity index (χ2n) is 4.69. The predicted octanol–water partition coefficient (Wildman–Crippen LogP) is 4.02. The van der Waals surface area contributed by atoms with E-state index in [1.807, 2.05) is 12.1 Å². The Kier molecular flexibility index (Phi) is 4.61. The number of para-hydroxylation sites is 1. The Hall–Kier alpha value is -1.77. The van der Waals surface area contributed by atoms with Crippen LogP contribution in [0.2, 0.25) is 0 Å². The smallest absolute Gasteiger partial charge is 0.145 e. The fraction of sp³-hybridized carbons (Fsp3) is 0.438. The summed E-state index contributed by atoms with van der Waals surface area (Å²) in [5, 5.41) is 4.62. The molecule has 2 rings (SSSR count). The summed E-state index contributed by atoms with van der Waals surface area (Å²) < 4.78 is 5.43. The van der Waals surface area contributed by atoms with Crippen molar-refractivity contribution in [3.05, 3.63) is 30.0 Å². The lowest BCUT2D eigenvalue weighted by Crippen LogP contribution is -2.03. The second-order valence-corrected chi connectivity index (χ2v) is 4.69. The molecule has 3 nitrogen and oxygen atoms in total. The summed E-state index contributed by atoms with van der Waals surface area (Å²) in [7, 11) is 1.70. The van der Waals surface area contributed by atoms with Crippen LogP contribution in [0.15, 0.2) is 24.3 Å². The highest BCUT2D eigenvalue weighted by Crippen LogP contribution is 2.30. The van der Waals surface area contributed by atoms with Crippen LogP contribution in [0.3, 0.4) is 0 Å². The molecule has 0 fully saturated rings. The van der Waals surface area contributed by atoms with E-state index in [0.717, 1.165) is 53.8 Å². The molecule has 0 aliphatic carbocycles. The van der Waals surface area contributed by atoms with Crippen LogP contribution in [0.5, 0.6) is 5.75 Å². The van der Waals surface area contributed by atoms with Gasteiger partial charge in [0.1, 0.15) is 11.3 Å². The van der Waals surface area contributed by atoms with Gasteiger partial charge in [-0.2, -0.15) is 0 Å². The van der Waals surface area contributed by atoms with Gasteiger partial charge in [-0.05, 0) is 25.0 Å². The zero-order valence-corrected chi connectivity index (χ0v) is 12.0. The number of nitrogens with one attached hydrogen (secondary N) is 1. The molecule has 0 radical (unpaired) electrons. The van der Waals surface area contributed by atoms with Crippen LogP contribution in [0, 0.1) is 0 Å². The molecule has 0 atom stereocenters. The largest absolute Gasteiger partial charge is 0.494 e. The van der Waals surface area contributed by atoms with Gasteiger partial charge in [0.05, 0.1) is 7.11 Å². The van der Waals surface area contributed by atoms with E-state index in [1.165, 1.54) is 0 Å². The quantitative estimate of drug-likeness (QED) is 0.849. The highest BCUT2D eigenvalue weighted by Gasteiger charge is 2.09. The van der Waals surface area contributed by atoms with Crippen LogP contribution in [0.4, 0.5) is 5.69 Å². The number of ether oxygens (including phenoxy) is 1. The monoisotopic (exact) mass is 258 g/mol. The van der Waals surface area contributed by atoms with E-state index in [0.29, 0.717) is 0 Å². The van der Waals surface area contributed by atoms with Crippen LogP contribution >= 0.6 is 0 Å². The van der Waals surface area contributed by atoms with Crippen molar-refractivity contribution in [2.24, 2.45) is 0 Å². The molecular weight excluding hydrogens is 236 g/mol. The fourth-order valence-corrected chi connectivity index (χ4v) is 2.23. The zero-order chi connectivity index (χ0) is 13.7. The van der Waals surface area contributed by atoms with E-state index in [9.17, 15) is 0 Å². The molecule has 3 heteroatoms. The standard InChI is InChI=1S/C16H22N2O/c1-4-7-12-11-14(17-10-5-2)13-8-6-9-15(19-3)16(13)18-12/h6,8-9,11H,4-5,7,10H2,1-3H3,(H,17,18). The Bertz CT molecular complexity index is 552. The molecule has 0 saturated heterocycles. The first kappa shape index (κ1) is 13.7. The Morgan fingerprint density at radius 1 is 1.21 bits per heavy atom. The molecule has 1 aromatic carbocycles. The van der Waals surface area contributed by atoms with E-state index in [1.54, 1.807) is 7.11 Å². The third-order valence-electron chi connectivity index (χ3n) is 3.15. The summed E-state index contributed by atoms with van der Waals surface area (Å²) in [6.07, 6.45) is 3.20. The van der Waals surface area contributed by atoms with Gasteiger partial charge in [0, 0.05) is 23.3 Å². The summed E-state index contributed by atoms with van der Waals surface area (Å²) in [4.78, 5) is 4.74. The lowest BCUT2D eigenvalue weighted by Gasteiger charge is -2.13. The minimum Gasteiger partial charge on any atom is -0.494 e. The third kappa shape index (κ3) is 2.98. The lowest BCUT2D eigenvalue weighted by molar-refractivity contribution is 0.419. The second kappa shape index (κ2) is 6.41. The minimum absolute atomic E-state index is 0.843. The number of nitrogens with zero attached hydrogens (tertiary/aromatic N) is 1. The first-order valence-corrected chi connectivity index (χ1v) is 7.00. The van der Waals surface area contributed by atoms with Gasteiger partial charge in [-0.1, -0.05) is 32.4 Å². The predicted molar refractivity (Wildman–Crippen MR) is 81.1 cm³/mol. The number of fused-ring (bicyclic) bond motifs is 1. The Morgan fingerprint density at radius 3 is 2.74 bits per heavy atom. The van der Waals surface area contributed by atoms with Gasteiger partial charge in [-0.15, -0.1) is 0 Å². The van der Waals surface area contributed by atoms with E-state index in [2.05, 4.69) is 31.3 Å². The molecule has 1 heterocycles. The van der Waals surface area contributed by atoms with Gasteiger partial charge in [0.25, 0.3) is 0 Å². The Morgan fingerprint density at radius 2 is 2.05 bits per heavy atom. The van der Waals surface area contributed by atoms with Gasteiger partial charge < -0.3 is 10.1 Å². The number of pyridine rings is 1. The first-order valence-electron chi connectivity index (χ1n) is 7.00. The van der Waals surface area contributed by atoms with Crippen molar-refractivity contribution in [1.82, 2.24) is 4.98 Å². The van der Waals surface area contributed by atoms with Crippen molar-refractivity contribution >= 4 is 16.6 Å². The van der Waals surface area contributed by atoms with Gasteiger partial charge in [-0.25, -0.2) is 4.98 Å². The summed E-state index contributed by atoms with van der Waals surface area (Å²) in [6.45, 7) is 5.32. The normalized spacial score (nSPS) is 10.7. The molecule has 102 valence electrons. The summed E-state index contributed by atoms with van der Waals surface area (Å²) >= 11 is 0. The molecule has 0 aliphatic rings. The molecule has 2 aromatic rings. The topological polar surface area (TPSA) is 34.2 Å². The van der Waals surface area contributed by atoms with Crippen molar-refractivity contribution in [3.8, 4) is 5.75 Å². The number of rotatable bonds is 6. The molecule has 0 aliphatic heterocycles. The summed E-state index contributed by atoms with van der Waals surface area (Å²) in [6, 6.07) is 8.24. The van der Waals surface area contributed by atoms with E-state index < -0.39 is 0 Å². The number of methoxy groups -OCH3 is 1. The van der Waals surface area contributed by atoms with Crippen molar-refractivity contribution < 1.29 is 4.74 Å². The van der Waals surface area contributed by atoms with Crippen molar-refractivity contribution in [3.63, 3.8) is 0 Å². The Balaban J connectivity index is 2.56. The third-order valence-corrected chi connectivity index (χ3v) is 3.15. The summed E-state index contributed by atoms with van der Waals surface area (Å²) in [5.41, 5.74) is 3.24. The number of anilines is 1. The van der Waals surface area contributed by atoms with Crippen LogP contribution in [0.1, 0.15) is 32.4 Å². The van der Waals surface area contributed by atoms with E-state index >= 15 is 0 Å². The average Bonchev–Trinajstić information content (AvgIpc) is 2.44. The number of hydrogen-bond acceptors (Lipinski definition) is 3. The van der Waals surface area contributed by atoms with Gasteiger partial charge in [0.2, 0.25) is 0 Å². The average molecular weight is 258 g/mol. The van der Waals surface area contributed by atoms with Crippen LogP contribution < -0.4 is 10.1 Å². The molecule has 0 amide bonds. The number of benzene rings is 1. The van der Waals surface area contributed by atoms with E-state index in [4.69, 9.17) is 9.72 Å². The van der Waals surface area contributed by atoms with Crippen LogP contribution in [0.25, 0.3) is 10.9 Å². The van der Waals surface area contributed by atoms with Gasteiger partial charge in [-0.3, -0.25) is 0 Å². The van der Waals surface area contributed by atoms with Crippen molar-refractivity contribution in [2.75, 3.05) is 19.0 Å². The molecule has 0 bridgehead atoms. The van der Waals surface area contributed by atoms with Gasteiger partial charge in [0.15, 0.2) is 0 Å². The van der Waals surface area contributed by atoms with Gasteiger partial charge >= 0.3 is 0 Å². The lowest BCUT2D eigenvalue weighted by atomic mass is 10.1. The van der Waals surface area contributed by atoms with Crippen LogP contribution in [-0.2, 0) is 6.42 Å². The van der Waals surface area contributed by atoms with E-state index in [-0.39, 0.29) is 0 Å². The molecule has 1 N–H and O–H groups in total. The zero-order valence-electron chi connectivity index (χ0n) is 12.0. The number of aryl methyl sites for hydroxylation is 1. The number of hydrogen-bond donors (Lipinski definition) is 1. The maximum atomic E-state index is 5.43. The minimum atomic E-state index is 0.843. The summed E-state index contributed by atoms with van der Waals surface area (Å²) in [5.74, 6) is 0.843. The van der Waals surface area contributed by atoms with Crippen molar-refractivity contribution in [1.29, 1.82) is 0 Å². The Labute approximate surface area is 115 Å².